The number of methoxy groups -OCH3 is 1. The van der Waals surface area contributed by atoms with E-state index < -0.39 is 6.10 Å². The third-order valence-corrected chi connectivity index (χ3v) is 1.84. The van der Waals surface area contributed by atoms with Gasteiger partial charge < -0.3 is 14.9 Å². The van der Waals surface area contributed by atoms with Gasteiger partial charge in [0, 0.05) is 17.8 Å². The van der Waals surface area contributed by atoms with E-state index in [1.807, 2.05) is 0 Å². The van der Waals surface area contributed by atoms with Gasteiger partial charge in [-0.3, -0.25) is 4.99 Å². The van der Waals surface area contributed by atoms with E-state index in [9.17, 15) is 5.11 Å². The van der Waals surface area contributed by atoms with Crippen LogP contribution in [0.2, 0.25) is 0 Å². The van der Waals surface area contributed by atoms with Crippen molar-refractivity contribution >= 4 is 6.21 Å². The Hall–Kier alpha value is -1.55. The number of nitrogens with zero attached hydrogens (tertiary/aromatic N) is 1. The number of aliphatic hydroxyl groups is 1. The van der Waals surface area contributed by atoms with Gasteiger partial charge in [0.1, 0.15) is 11.5 Å². The highest BCUT2D eigenvalue weighted by molar-refractivity contribution is 5.83. The normalized spacial score (nSPS) is 13.0. The average molecular weight is 209 g/mol. The van der Waals surface area contributed by atoms with Gasteiger partial charge in [0.05, 0.1) is 19.8 Å². The van der Waals surface area contributed by atoms with Crippen LogP contribution in [0.3, 0.4) is 0 Å². The summed E-state index contributed by atoms with van der Waals surface area (Å²) in [5.41, 5.74) is 0.608. The third-order valence-electron chi connectivity index (χ3n) is 1.84. The minimum absolute atomic E-state index is 0.115. The van der Waals surface area contributed by atoms with E-state index in [0.717, 1.165) is 0 Å². The zero-order valence-corrected chi connectivity index (χ0v) is 8.84. The Bertz CT molecular complexity index is 348. The summed E-state index contributed by atoms with van der Waals surface area (Å²) in [5.74, 6) is 0.712. The van der Waals surface area contributed by atoms with Crippen molar-refractivity contribution in [3.8, 4) is 11.5 Å². The first kappa shape index (κ1) is 11.5. The highest BCUT2D eigenvalue weighted by Gasteiger charge is 2.00. The second-order valence-electron chi connectivity index (χ2n) is 3.27. The van der Waals surface area contributed by atoms with E-state index in [2.05, 4.69) is 4.99 Å². The maximum absolute atomic E-state index is 9.55. The topological polar surface area (TPSA) is 62.0 Å². The standard InChI is InChI=1S/C11H15NO3/c1-8(13)6-12-7-9-3-4-10(15-2)5-11(9)14/h3-5,7-8,13-14H,6H2,1-2H3/t8-/m1/s1. The molecule has 0 aliphatic heterocycles. The first-order chi connectivity index (χ1) is 7.13. The van der Waals surface area contributed by atoms with E-state index >= 15 is 0 Å². The number of aromatic hydroxyl groups is 1. The lowest BCUT2D eigenvalue weighted by Gasteiger charge is -2.03. The van der Waals surface area contributed by atoms with Crippen molar-refractivity contribution in [2.24, 2.45) is 4.99 Å². The smallest absolute Gasteiger partial charge is 0.128 e. The monoisotopic (exact) mass is 209 g/mol. The number of ether oxygens (including phenoxy) is 1. The lowest BCUT2D eigenvalue weighted by molar-refractivity contribution is 0.204. The summed E-state index contributed by atoms with van der Waals surface area (Å²) in [6, 6.07) is 4.97. The van der Waals surface area contributed by atoms with E-state index in [1.54, 1.807) is 19.1 Å². The Balaban J connectivity index is 2.73. The molecule has 0 fully saturated rings. The molecule has 0 aliphatic carbocycles. The van der Waals surface area contributed by atoms with Crippen molar-refractivity contribution in [2.45, 2.75) is 13.0 Å². The van der Waals surface area contributed by atoms with Crippen molar-refractivity contribution < 1.29 is 14.9 Å². The summed E-state index contributed by atoms with van der Waals surface area (Å²) in [6.07, 6.45) is 1.06. The molecule has 0 radical (unpaired) electrons. The summed E-state index contributed by atoms with van der Waals surface area (Å²) in [6.45, 7) is 1.98. The summed E-state index contributed by atoms with van der Waals surface area (Å²) >= 11 is 0. The third kappa shape index (κ3) is 3.59. The zero-order chi connectivity index (χ0) is 11.3. The zero-order valence-electron chi connectivity index (χ0n) is 8.84. The molecular weight excluding hydrogens is 194 g/mol. The molecule has 4 nitrogen and oxygen atoms in total. The highest BCUT2D eigenvalue weighted by atomic mass is 16.5. The second-order valence-corrected chi connectivity index (χ2v) is 3.27. The average Bonchev–Trinajstić information content (AvgIpc) is 2.20. The molecule has 2 N–H and O–H groups in total. The number of hydrogen-bond donors (Lipinski definition) is 2. The van der Waals surface area contributed by atoms with Crippen molar-refractivity contribution in [3.05, 3.63) is 23.8 Å². The van der Waals surface area contributed by atoms with Gasteiger partial charge >= 0.3 is 0 Å². The fraction of sp³-hybridized carbons (Fsp3) is 0.364. The van der Waals surface area contributed by atoms with Crippen LogP contribution in [0.4, 0.5) is 0 Å². The molecule has 0 aromatic heterocycles. The largest absolute Gasteiger partial charge is 0.507 e. The highest BCUT2D eigenvalue weighted by Crippen LogP contribution is 2.21. The van der Waals surface area contributed by atoms with Crippen molar-refractivity contribution in [3.63, 3.8) is 0 Å². The number of hydrogen-bond acceptors (Lipinski definition) is 4. The van der Waals surface area contributed by atoms with E-state index in [0.29, 0.717) is 17.9 Å². The number of rotatable bonds is 4. The van der Waals surface area contributed by atoms with Crippen LogP contribution in [-0.4, -0.2) is 36.2 Å². The summed E-state index contributed by atoms with van der Waals surface area (Å²) in [4.78, 5) is 3.98. The molecule has 0 saturated heterocycles. The van der Waals surface area contributed by atoms with Gasteiger partial charge in [-0.25, -0.2) is 0 Å². The van der Waals surface area contributed by atoms with Crippen LogP contribution in [0, 0.1) is 0 Å². The number of benzene rings is 1. The molecule has 0 unspecified atom stereocenters. The Morgan fingerprint density at radius 1 is 1.53 bits per heavy atom. The molecule has 0 bridgehead atoms. The number of aliphatic hydroxyl groups excluding tert-OH is 1. The van der Waals surface area contributed by atoms with Crippen LogP contribution < -0.4 is 4.74 Å². The number of phenolic OH excluding ortho intramolecular Hbond substituents is 1. The molecule has 1 rings (SSSR count). The van der Waals surface area contributed by atoms with Gasteiger partial charge in [-0.15, -0.1) is 0 Å². The van der Waals surface area contributed by atoms with Crippen LogP contribution in [0.15, 0.2) is 23.2 Å². The van der Waals surface area contributed by atoms with Gasteiger partial charge in [0.15, 0.2) is 0 Å². The maximum Gasteiger partial charge on any atom is 0.128 e. The van der Waals surface area contributed by atoms with Crippen LogP contribution in [0.5, 0.6) is 11.5 Å². The molecule has 4 heteroatoms. The summed E-state index contributed by atoms with van der Waals surface area (Å²) in [7, 11) is 1.54. The molecule has 0 amide bonds. The minimum Gasteiger partial charge on any atom is -0.507 e. The molecule has 0 aliphatic rings. The van der Waals surface area contributed by atoms with E-state index in [4.69, 9.17) is 9.84 Å². The first-order valence-electron chi connectivity index (χ1n) is 4.68. The molecule has 0 heterocycles. The van der Waals surface area contributed by atoms with Crippen LogP contribution >= 0.6 is 0 Å². The predicted molar refractivity (Wildman–Crippen MR) is 58.8 cm³/mol. The quantitative estimate of drug-likeness (QED) is 0.732. The van der Waals surface area contributed by atoms with Crippen LogP contribution in [-0.2, 0) is 0 Å². The lowest BCUT2D eigenvalue weighted by Crippen LogP contribution is -2.03. The van der Waals surface area contributed by atoms with Gasteiger partial charge in [-0.1, -0.05) is 0 Å². The molecule has 0 saturated carbocycles. The Kier molecular flexibility index (Phi) is 4.12. The molecule has 0 spiro atoms. The van der Waals surface area contributed by atoms with Gasteiger partial charge in [-0.2, -0.15) is 0 Å². The maximum atomic E-state index is 9.55. The minimum atomic E-state index is -0.471. The second kappa shape index (κ2) is 5.36. The van der Waals surface area contributed by atoms with Gasteiger partial charge in [-0.05, 0) is 19.1 Å². The fourth-order valence-electron chi connectivity index (χ4n) is 1.06. The first-order valence-corrected chi connectivity index (χ1v) is 4.68. The number of aliphatic imine (C=N–C) groups is 1. The number of phenols is 1. The molecule has 1 aromatic carbocycles. The molecule has 82 valence electrons. The molecule has 15 heavy (non-hydrogen) atoms. The van der Waals surface area contributed by atoms with E-state index in [1.165, 1.54) is 19.4 Å². The summed E-state index contributed by atoms with van der Waals surface area (Å²) in [5, 5.41) is 18.5. The molecule has 1 aromatic rings. The molecular formula is C11H15NO3. The summed E-state index contributed by atoms with van der Waals surface area (Å²) < 4.78 is 4.95. The molecule has 1 atom stereocenters. The van der Waals surface area contributed by atoms with Crippen LogP contribution in [0.25, 0.3) is 0 Å². The Labute approximate surface area is 88.9 Å². The Morgan fingerprint density at radius 2 is 2.27 bits per heavy atom. The predicted octanol–water partition coefficient (Wildman–Crippen LogP) is 1.20. The lowest BCUT2D eigenvalue weighted by atomic mass is 10.2. The SMILES string of the molecule is COc1ccc(C=NC[C@@H](C)O)c(O)c1. The Morgan fingerprint density at radius 3 is 2.80 bits per heavy atom. The van der Waals surface area contributed by atoms with Crippen molar-refractivity contribution in [1.29, 1.82) is 0 Å². The van der Waals surface area contributed by atoms with Gasteiger partial charge in [0.2, 0.25) is 0 Å². The van der Waals surface area contributed by atoms with Crippen LogP contribution in [0.1, 0.15) is 12.5 Å². The van der Waals surface area contributed by atoms with E-state index in [-0.39, 0.29) is 5.75 Å². The van der Waals surface area contributed by atoms with Crippen molar-refractivity contribution in [1.82, 2.24) is 0 Å². The van der Waals surface area contributed by atoms with Gasteiger partial charge in [0.25, 0.3) is 0 Å². The fourth-order valence-corrected chi connectivity index (χ4v) is 1.06. The van der Waals surface area contributed by atoms with Crippen molar-refractivity contribution in [2.75, 3.05) is 13.7 Å².